The van der Waals surface area contributed by atoms with E-state index in [9.17, 15) is 14.4 Å². The average molecular weight is 1110 g/mol. The van der Waals surface area contributed by atoms with Crippen molar-refractivity contribution in [2.75, 3.05) is 13.2 Å². The number of rotatable bonds is 67. The Morgan fingerprint density at radius 2 is 0.418 bits per heavy atom. The van der Waals surface area contributed by atoms with E-state index in [1.807, 2.05) is 0 Å². The molecule has 1 unspecified atom stereocenters. The van der Waals surface area contributed by atoms with E-state index in [1.165, 1.54) is 302 Å². The molecule has 0 aromatic rings. The van der Waals surface area contributed by atoms with Gasteiger partial charge in [0.05, 0.1) is 0 Å². The van der Waals surface area contributed by atoms with Crippen LogP contribution in [0.1, 0.15) is 406 Å². The van der Waals surface area contributed by atoms with Crippen molar-refractivity contribution < 1.29 is 28.6 Å². The molecule has 0 fully saturated rings. The molecule has 0 heterocycles. The van der Waals surface area contributed by atoms with Crippen molar-refractivity contribution in [2.24, 2.45) is 0 Å². The van der Waals surface area contributed by atoms with Gasteiger partial charge in [-0.15, -0.1) is 0 Å². The van der Waals surface area contributed by atoms with Gasteiger partial charge >= 0.3 is 17.9 Å². The predicted molar refractivity (Wildman–Crippen MR) is 344 cm³/mol. The van der Waals surface area contributed by atoms with E-state index >= 15 is 0 Å². The van der Waals surface area contributed by atoms with Crippen LogP contribution in [0.5, 0.6) is 0 Å². The van der Waals surface area contributed by atoms with Gasteiger partial charge in [-0.05, 0) is 70.6 Å². The van der Waals surface area contributed by atoms with E-state index in [-0.39, 0.29) is 31.1 Å². The summed E-state index contributed by atoms with van der Waals surface area (Å²) in [5.74, 6) is -0.849. The van der Waals surface area contributed by atoms with Gasteiger partial charge in [0.25, 0.3) is 0 Å². The van der Waals surface area contributed by atoms with Gasteiger partial charge in [0, 0.05) is 19.3 Å². The van der Waals surface area contributed by atoms with E-state index in [2.05, 4.69) is 45.1 Å². The average Bonchev–Trinajstić information content (AvgIpc) is 3.45. The minimum atomic E-state index is -0.771. The summed E-state index contributed by atoms with van der Waals surface area (Å²) in [6, 6.07) is 0. The van der Waals surface area contributed by atoms with E-state index in [1.54, 1.807) is 0 Å². The highest BCUT2D eigenvalue weighted by atomic mass is 16.6. The molecular formula is C73H138O6. The van der Waals surface area contributed by atoms with Crippen molar-refractivity contribution in [1.82, 2.24) is 0 Å². The fourth-order valence-corrected chi connectivity index (χ4v) is 11.0. The SMILES string of the molecule is CCCCCC/C=C\CCCCCCCC(=O)OC(COC(=O)CCCCCCCCCCCCCCC)COC(=O)CCCCCCCCCCCCCCCCCCCCCCCCC/C=C\CCCCCCCCCC. The maximum absolute atomic E-state index is 12.9. The summed E-state index contributed by atoms with van der Waals surface area (Å²) in [7, 11) is 0. The Hall–Kier alpha value is -2.11. The number of allylic oxidation sites excluding steroid dienone is 4. The number of hydrogen-bond acceptors (Lipinski definition) is 6. The van der Waals surface area contributed by atoms with Crippen molar-refractivity contribution in [2.45, 2.75) is 412 Å². The first-order valence-electron chi connectivity index (χ1n) is 35.8. The van der Waals surface area contributed by atoms with Gasteiger partial charge in [0.2, 0.25) is 0 Å². The van der Waals surface area contributed by atoms with Gasteiger partial charge in [-0.2, -0.15) is 0 Å². The summed E-state index contributed by atoms with van der Waals surface area (Å²) in [4.78, 5) is 38.3. The lowest BCUT2D eigenvalue weighted by Crippen LogP contribution is -2.30. The first-order chi connectivity index (χ1) is 39.0. The first kappa shape index (κ1) is 76.9. The summed E-state index contributed by atoms with van der Waals surface area (Å²) in [5.41, 5.74) is 0. The van der Waals surface area contributed by atoms with Crippen LogP contribution in [0.2, 0.25) is 0 Å². The zero-order chi connectivity index (χ0) is 57.1. The summed E-state index contributed by atoms with van der Waals surface area (Å²) in [6.07, 6.45) is 83.8. The molecule has 0 bridgehead atoms. The Labute approximate surface area is 493 Å². The maximum atomic E-state index is 12.9. The summed E-state index contributed by atoms with van der Waals surface area (Å²) in [5, 5.41) is 0. The number of hydrogen-bond donors (Lipinski definition) is 0. The Morgan fingerprint density at radius 3 is 0.646 bits per heavy atom. The van der Waals surface area contributed by atoms with Crippen molar-refractivity contribution in [3.05, 3.63) is 24.3 Å². The van der Waals surface area contributed by atoms with Crippen molar-refractivity contribution >= 4 is 17.9 Å². The lowest BCUT2D eigenvalue weighted by atomic mass is 10.0. The highest BCUT2D eigenvalue weighted by molar-refractivity contribution is 5.71. The maximum Gasteiger partial charge on any atom is 0.306 e. The van der Waals surface area contributed by atoms with E-state index < -0.39 is 6.10 Å². The second-order valence-corrected chi connectivity index (χ2v) is 24.5. The molecular weight excluding hydrogens is 973 g/mol. The van der Waals surface area contributed by atoms with Gasteiger partial charge in [0.1, 0.15) is 13.2 Å². The molecule has 6 heteroatoms. The van der Waals surface area contributed by atoms with Gasteiger partial charge in [-0.25, -0.2) is 0 Å². The third-order valence-corrected chi connectivity index (χ3v) is 16.4. The van der Waals surface area contributed by atoms with Crippen LogP contribution < -0.4 is 0 Å². The second-order valence-electron chi connectivity index (χ2n) is 24.5. The fraction of sp³-hybridized carbons (Fsp3) is 0.904. The molecule has 0 rings (SSSR count). The van der Waals surface area contributed by atoms with Crippen LogP contribution in [0.25, 0.3) is 0 Å². The topological polar surface area (TPSA) is 78.9 Å². The molecule has 0 aliphatic heterocycles. The highest BCUT2D eigenvalue weighted by Crippen LogP contribution is 2.19. The van der Waals surface area contributed by atoms with Gasteiger partial charge in [-0.1, -0.05) is 340 Å². The molecule has 466 valence electrons. The first-order valence-corrected chi connectivity index (χ1v) is 35.8. The van der Waals surface area contributed by atoms with Crippen molar-refractivity contribution in [1.29, 1.82) is 0 Å². The number of unbranched alkanes of at least 4 members (excludes halogenated alkanes) is 52. The normalized spacial score (nSPS) is 12.1. The minimum absolute atomic E-state index is 0.0682. The van der Waals surface area contributed by atoms with Gasteiger partial charge in [-0.3, -0.25) is 14.4 Å². The third kappa shape index (κ3) is 66.6. The van der Waals surface area contributed by atoms with Crippen LogP contribution in [-0.2, 0) is 28.6 Å². The van der Waals surface area contributed by atoms with Crippen molar-refractivity contribution in [3.8, 4) is 0 Å². The molecule has 79 heavy (non-hydrogen) atoms. The Kier molecular flexibility index (Phi) is 66.6. The molecule has 0 aliphatic rings. The molecule has 0 saturated carbocycles. The van der Waals surface area contributed by atoms with Crippen molar-refractivity contribution in [3.63, 3.8) is 0 Å². The molecule has 0 amide bonds. The van der Waals surface area contributed by atoms with Crippen LogP contribution in [-0.4, -0.2) is 37.2 Å². The molecule has 1 atom stereocenters. The second kappa shape index (κ2) is 68.4. The molecule has 0 aromatic heterocycles. The van der Waals surface area contributed by atoms with Gasteiger partial charge in [0.15, 0.2) is 6.10 Å². The molecule has 0 aromatic carbocycles. The van der Waals surface area contributed by atoms with Gasteiger partial charge < -0.3 is 14.2 Å². The smallest absolute Gasteiger partial charge is 0.306 e. The van der Waals surface area contributed by atoms with E-state index in [4.69, 9.17) is 14.2 Å². The Morgan fingerprint density at radius 1 is 0.241 bits per heavy atom. The number of carbonyl (C=O) groups excluding carboxylic acids is 3. The molecule has 6 nitrogen and oxygen atoms in total. The molecule has 0 N–H and O–H groups in total. The van der Waals surface area contributed by atoms with E-state index in [0.29, 0.717) is 19.3 Å². The zero-order valence-electron chi connectivity index (χ0n) is 53.7. The Bertz CT molecular complexity index is 1270. The van der Waals surface area contributed by atoms with Crippen LogP contribution in [0.3, 0.4) is 0 Å². The molecule has 0 radical (unpaired) electrons. The summed E-state index contributed by atoms with van der Waals surface area (Å²) >= 11 is 0. The number of ether oxygens (including phenoxy) is 3. The van der Waals surface area contributed by atoms with E-state index in [0.717, 1.165) is 64.2 Å². The molecule has 0 aliphatic carbocycles. The number of esters is 3. The van der Waals surface area contributed by atoms with Crippen LogP contribution in [0, 0.1) is 0 Å². The quantitative estimate of drug-likeness (QED) is 0.0261. The fourth-order valence-electron chi connectivity index (χ4n) is 11.0. The highest BCUT2D eigenvalue weighted by Gasteiger charge is 2.19. The standard InChI is InChI=1S/C73H138O6/c1-4-7-10-13-16-19-22-25-26-27-28-29-30-31-32-33-34-35-36-37-38-39-40-41-42-43-44-45-46-49-51-54-57-60-63-66-72(75)78-69-70(79-73(76)67-64-61-58-55-52-48-24-21-18-15-12-9-6-3)68-77-71(74)65-62-59-56-53-50-47-23-20-17-14-11-8-5-2/h21,24,27-28,70H,4-20,22-23,25-26,29-69H2,1-3H3/b24-21-,28-27-. The third-order valence-electron chi connectivity index (χ3n) is 16.4. The lowest BCUT2D eigenvalue weighted by molar-refractivity contribution is -0.167. The van der Waals surface area contributed by atoms with Crippen LogP contribution in [0.4, 0.5) is 0 Å². The van der Waals surface area contributed by atoms with Crippen LogP contribution in [0.15, 0.2) is 24.3 Å². The minimum Gasteiger partial charge on any atom is -0.462 e. The summed E-state index contributed by atoms with van der Waals surface area (Å²) in [6.45, 7) is 6.68. The monoisotopic (exact) mass is 1110 g/mol. The molecule has 0 spiro atoms. The summed E-state index contributed by atoms with van der Waals surface area (Å²) < 4.78 is 16.9. The zero-order valence-corrected chi connectivity index (χ0v) is 53.7. The molecule has 0 saturated heterocycles. The van der Waals surface area contributed by atoms with Crippen LogP contribution >= 0.6 is 0 Å². The lowest BCUT2D eigenvalue weighted by Gasteiger charge is -2.18. The predicted octanol–water partition coefficient (Wildman–Crippen LogP) is 24.6. The largest absolute Gasteiger partial charge is 0.462 e. The number of carbonyl (C=O) groups is 3. The Balaban J connectivity index is 4.00.